The van der Waals surface area contributed by atoms with Crippen LogP contribution in [0.3, 0.4) is 0 Å². The van der Waals surface area contributed by atoms with Crippen LogP contribution in [0.4, 0.5) is 0 Å². The van der Waals surface area contributed by atoms with Crippen LogP contribution in [0.5, 0.6) is 0 Å². The van der Waals surface area contributed by atoms with Crippen molar-refractivity contribution in [2.75, 3.05) is 0 Å². The van der Waals surface area contributed by atoms with Gasteiger partial charge < -0.3 is 0 Å². The van der Waals surface area contributed by atoms with E-state index in [0.717, 1.165) is 30.2 Å². The summed E-state index contributed by atoms with van der Waals surface area (Å²) in [5.74, 6) is 0. The highest BCUT2D eigenvalue weighted by molar-refractivity contribution is 7.19. The van der Waals surface area contributed by atoms with Gasteiger partial charge in [0.05, 0.1) is 31.4 Å². The van der Waals surface area contributed by atoms with Crippen molar-refractivity contribution >= 4 is 66.3 Å². The largest absolute Gasteiger partial charge is 0.254 e. The second-order valence-corrected chi connectivity index (χ2v) is 8.59. The molecule has 0 saturated heterocycles. The smallest absolute Gasteiger partial charge is 0.125 e. The highest BCUT2D eigenvalue weighted by Crippen LogP contribution is 2.32. The van der Waals surface area contributed by atoms with Crippen molar-refractivity contribution in [1.29, 1.82) is 10.5 Å². The summed E-state index contributed by atoms with van der Waals surface area (Å²) in [7, 11) is 0. The van der Waals surface area contributed by atoms with Crippen molar-refractivity contribution in [3.8, 4) is 12.1 Å². The van der Waals surface area contributed by atoms with Crippen LogP contribution in [0.15, 0.2) is 24.5 Å². The van der Waals surface area contributed by atoms with Crippen LogP contribution < -0.4 is 0 Å². The number of hydrogen-bond donors (Lipinski definition) is 0. The summed E-state index contributed by atoms with van der Waals surface area (Å²) >= 11 is 15.1. The third-order valence-electron chi connectivity index (χ3n) is 3.46. The van der Waals surface area contributed by atoms with Crippen LogP contribution in [0.25, 0.3) is 20.4 Å². The summed E-state index contributed by atoms with van der Waals surface area (Å²) in [5, 5.41) is 19.3. The summed E-state index contributed by atoms with van der Waals surface area (Å²) in [6.45, 7) is 3.99. The molecule has 4 aromatic rings. The van der Waals surface area contributed by atoms with Crippen molar-refractivity contribution in [1.82, 2.24) is 9.97 Å². The number of fused-ring (bicyclic) bond motifs is 2. The Balaban J connectivity index is 0.000000151. The summed E-state index contributed by atoms with van der Waals surface area (Å²) in [6, 6.07) is 7.94. The number of aromatic nitrogens is 2. The predicted molar refractivity (Wildman–Crippen MR) is 108 cm³/mol. The van der Waals surface area contributed by atoms with Gasteiger partial charge in [-0.2, -0.15) is 10.5 Å². The standard InChI is InChI=1S/2C9H5ClN2S/c1-5-2-7-9(13-5)8(10)6(3-11)4-12-7;1-5-2-7-8(10)6(3-11)4-12-9(7)13-5/h2*2,4H,1H3. The number of aryl methyl sites for hydroxylation is 2. The van der Waals surface area contributed by atoms with Gasteiger partial charge in [0.2, 0.25) is 0 Å². The molecule has 4 heterocycles. The van der Waals surface area contributed by atoms with Crippen molar-refractivity contribution in [3.63, 3.8) is 0 Å². The van der Waals surface area contributed by atoms with Gasteiger partial charge in [0.25, 0.3) is 0 Å². The average molecular weight is 417 g/mol. The lowest BCUT2D eigenvalue weighted by molar-refractivity contribution is 1.38. The lowest BCUT2D eigenvalue weighted by Gasteiger charge is -1.94. The Labute approximate surface area is 167 Å². The van der Waals surface area contributed by atoms with E-state index in [9.17, 15) is 0 Å². The first-order valence-electron chi connectivity index (χ1n) is 7.34. The van der Waals surface area contributed by atoms with Crippen molar-refractivity contribution in [2.45, 2.75) is 13.8 Å². The molecule has 26 heavy (non-hydrogen) atoms. The van der Waals surface area contributed by atoms with Gasteiger partial charge in [-0.1, -0.05) is 23.2 Å². The van der Waals surface area contributed by atoms with Crippen LogP contribution >= 0.6 is 45.9 Å². The maximum absolute atomic E-state index is 8.71. The molecule has 0 bridgehead atoms. The SMILES string of the molecule is Cc1cc2c(Cl)c(C#N)cnc2s1.Cc1cc2ncc(C#N)c(Cl)c2s1. The molecule has 0 radical (unpaired) electrons. The van der Waals surface area contributed by atoms with Crippen LogP contribution in [0, 0.1) is 36.5 Å². The maximum Gasteiger partial charge on any atom is 0.125 e. The fraction of sp³-hybridized carbons (Fsp3) is 0.111. The topological polar surface area (TPSA) is 73.4 Å². The first-order valence-corrected chi connectivity index (χ1v) is 9.73. The molecule has 4 nitrogen and oxygen atoms in total. The van der Waals surface area contributed by atoms with Crippen LogP contribution in [-0.2, 0) is 0 Å². The number of nitrogens with zero attached hydrogens (tertiary/aromatic N) is 4. The Kier molecular flexibility index (Phi) is 5.41. The first kappa shape index (κ1) is 18.6. The molecule has 0 spiro atoms. The Morgan fingerprint density at radius 3 is 2.19 bits per heavy atom. The van der Waals surface area contributed by atoms with Gasteiger partial charge in [-0.25, -0.2) is 4.98 Å². The number of thiophene rings is 2. The molecule has 0 aliphatic carbocycles. The predicted octanol–water partition coefficient (Wildman–Crippen LogP) is 6.26. The highest BCUT2D eigenvalue weighted by atomic mass is 35.5. The molecule has 0 unspecified atom stereocenters. The molecule has 0 amide bonds. The van der Waals surface area contributed by atoms with Gasteiger partial charge in [0.15, 0.2) is 0 Å². The molecular formula is C18H10Cl2N4S2. The average Bonchev–Trinajstić information content (AvgIpc) is 3.19. The molecular weight excluding hydrogens is 407 g/mol. The summed E-state index contributed by atoms with van der Waals surface area (Å²) in [5.41, 5.74) is 1.74. The van der Waals surface area contributed by atoms with Gasteiger partial charge in [-0.3, -0.25) is 4.98 Å². The second kappa shape index (κ2) is 7.57. The van der Waals surface area contributed by atoms with Crippen molar-refractivity contribution in [3.05, 3.63) is 55.5 Å². The van der Waals surface area contributed by atoms with E-state index in [2.05, 4.69) is 9.97 Å². The zero-order valence-corrected chi connectivity index (χ0v) is 16.8. The van der Waals surface area contributed by atoms with E-state index in [4.69, 9.17) is 33.7 Å². The number of halogens is 2. The molecule has 0 aliphatic heterocycles. The number of rotatable bonds is 0. The molecule has 0 saturated carbocycles. The molecule has 4 aromatic heterocycles. The van der Waals surface area contributed by atoms with Crippen molar-refractivity contribution < 1.29 is 0 Å². The fourth-order valence-corrected chi connectivity index (χ4v) is 4.66. The maximum atomic E-state index is 8.71. The lowest BCUT2D eigenvalue weighted by Crippen LogP contribution is -1.79. The van der Waals surface area contributed by atoms with E-state index in [1.165, 1.54) is 12.4 Å². The molecule has 8 heteroatoms. The molecule has 0 fully saturated rings. The lowest BCUT2D eigenvalue weighted by atomic mass is 10.2. The Morgan fingerprint density at radius 2 is 1.50 bits per heavy atom. The van der Waals surface area contributed by atoms with Crippen LogP contribution in [-0.4, -0.2) is 9.97 Å². The summed E-state index contributed by atoms with van der Waals surface area (Å²) in [6.07, 6.45) is 3.03. The minimum absolute atomic E-state index is 0.437. The molecule has 0 aromatic carbocycles. The van der Waals surface area contributed by atoms with Gasteiger partial charge in [0.1, 0.15) is 17.0 Å². The minimum Gasteiger partial charge on any atom is -0.254 e. The van der Waals surface area contributed by atoms with E-state index in [-0.39, 0.29) is 0 Å². The normalized spacial score (nSPS) is 10.2. The van der Waals surface area contributed by atoms with E-state index < -0.39 is 0 Å². The number of nitriles is 2. The third-order valence-corrected chi connectivity index (χ3v) is 6.39. The Hall–Kier alpha value is -2.22. The van der Waals surface area contributed by atoms with Gasteiger partial charge in [0, 0.05) is 27.5 Å². The molecule has 0 aliphatic rings. The monoisotopic (exact) mass is 416 g/mol. The second-order valence-electron chi connectivity index (χ2n) is 5.34. The minimum atomic E-state index is 0.437. The third kappa shape index (κ3) is 3.51. The molecule has 4 rings (SSSR count). The number of hydrogen-bond acceptors (Lipinski definition) is 6. The van der Waals surface area contributed by atoms with Gasteiger partial charge in [-0.05, 0) is 26.0 Å². The summed E-state index contributed by atoms with van der Waals surface area (Å²) in [4.78, 5) is 11.5. The zero-order valence-electron chi connectivity index (χ0n) is 13.7. The Bertz CT molecular complexity index is 1120. The van der Waals surface area contributed by atoms with E-state index in [0.29, 0.717) is 21.2 Å². The van der Waals surface area contributed by atoms with Crippen LogP contribution in [0.1, 0.15) is 20.9 Å². The van der Waals surface area contributed by atoms with Crippen LogP contribution in [0.2, 0.25) is 10.0 Å². The molecule has 0 N–H and O–H groups in total. The van der Waals surface area contributed by atoms with Gasteiger partial charge >= 0.3 is 0 Å². The quantitative estimate of drug-likeness (QED) is 0.339. The van der Waals surface area contributed by atoms with E-state index in [1.54, 1.807) is 22.7 Å². The Morgan fingerprint density at radius 1 is 0.885 bits per heavy atom. The molecule has 128 valence electrons. The van der Waals surface area contributed by atoms with E-state index >= 15 is 0 Å². The molecule has 0 atom stereocenters. The first-order chi connectivity index (χ1) is 12.4. The fourth-order valence-electron chi connectivity index (χ4n) is 2.30. The van der Waals surface area contributed by atoms with Crippen molar-refractivity contribution in [2.24, 2.45) is 0 Å². The highest BCUT2D eigenvalue weighted by Gasteiger charge is 2.09. The summed E-state index contributed by atoms with van der Waals surface area (Å²) < 4.78 is 0.901. The zero-order chi connectivity index (χ0) is 18.8. The van der Waals surface area contributed by atoms with E-state index in [1.807, 2.05) is 38.1 Å². The van der Waals surface area contributed by atoms with Gasteiger partial charge in [-0.15, -0.1) is 22.7 Å². The number of pyridine rings is 2.